The lowest BCUT2D eigenvalue weighted by molar-refractivity contribution is 0.0993. The number of ketones is 1. The highest BCUT2D eigenvalue weighted by Gasteiger charge is 2.12. The van der Waals surface area contributed by atoms with E-state index in [1.165, 1.54) is 0 Å². The number of methoxy groups -OCH3 is 1. The summed E-state index contributed by atoms with van der Waals surface area (Å²) in [6, 6.07) is 10.6. The summed E-state index contributed by atoms with van der Waals surface area (Å²) in [4.78, 5) is 16.7. The third-order valence-corrected chi connectivity index (χ3v) is 4.58. The fourth-order valence-corrected chi connectivity index (χ4v) is 2.85. The number of carbonyl (C=O) groups excluding carboxylic acids is 1. The Morgan fingerprint density at radius 3 is 2.60 bits per heavy atom. The van der Waals surface area contributed by atoms with Crippen molar-refractivity contribution in [2.24, 2.45) is 0 Å². The first-order chi connectivity index (χ1) is 12.0. The minimum atomic E-state index is -0.0353. The minimum absolute atomic E-state index is 0.0353. The van der Waals surface area contributed by atoms with Gasteiger partial charge in [0.25, 0.3) is 0 Å². The molecule has 0 fully saturated rings. The van der Waals surface area contributed by atoms with Crippen molar-refractivity contribution in [1.29, 1.82) is 0 Å². The van der Waals surface area contributed by atoms with Crippen LogP contribution in [0, 0.1) is 6.92 Å². The number of aromatic nitrogens is 2. The number of hydrogen-bond acceptors (Lipinski definition) is 3. The number of aryl methyl sites for hydroxylation is 1. The quantitative estimate of drug-likeness (QED) is 0.595. The Morgan fingerprint density at radius 1 is 1.16 bits per heavy atom. The van der Waals surface area contributed by atoms with Gasteiger partial charge < -0.3 is 9.30 Å². The SMILES string of the molecule is COc1cc(CC(=O)c2ccc(Cl)c(Cl)c2)ccc1-n1cnc(C)c1. The summed E-state index contributed by atoms with van der Waals surface area (Å²) in [5, 5.41) is 0.802. The maximum absolute atomic E-state index is 12.5. The zero-order chi connectivity index (χ0) is 18.0. The van der Waals surface area contributed by atoms with Crippen molar-refractivity contribution in [2.75, 3.05) is 7.11 Å². The van der Waals surface area contributed by atoms with Crippen molar-refractivity contribution in [2.45, 2.75) is 13.3 Å². The molecule has 0 aliphatic rings. The number of halogens is 2. The summed E-state index contributed by atoms with van der Waals surface area (Å²) in [5.41, 5.74) is 3.17. The van der Waals surface area contributed by atoms with Crippen LogP contribution in [0.3, 0.4) is 0 Å². The van der Waals surface area contributed by atoms with Crippen LogP contribution in [-0.2, 0) is 6.42 Å². The standard InChI is InChI=1S/C19H16Cl2N2O2/c1-12-10-23(11-22-12)17-6-3-13(8-19(17)25-2)7-18(24)14-4-5-15(20)16(21)9-14/h3-6,8-11H,7H2,1-2H3. The van der Waals surface area contributed by atoms with Crippen LogP contribution in [0.1, 0.15) is 21.6 Å². The summed E-state index contributed by atoms with van der Waals surface area (Å²) in [5.74, 6) is 0.642. The van der Waals surface area contributed by atoms with E-state index in [2.05, 4.69) is 4.98 Å². The highest BCUT2D eigenvalue weighted by Crippen LogP contribution is 2.26. The van der Waals surface area contributed by atoms with E-state index >= 15 is 0 Å². The van der Waals surface area contributed by atoms with Gasteiger partial charge in [0.05, 0.1) is 34.9 Å². The Labute approximate surface area is 156 Å². The van der Waals surface area contributed by atoms with Gasteiger partial charge >= 0.3 is 0 Å². The van der Waals surface area contributed by atoms with E-state index in [-0.39, 0.29) is 12.2 Å². The number of benzene rings is 2. The first-order valence-electron chi connectivity index (χ1n) is 7.64. The number of rotatable bonds is 5. The lowest BCUT2D eigenvalue weighted by Gasteiger charge is -2.11. The molecular formula is C19H16Cl2N2O2. The number of carbonyl (C=O) groups is 1. The van der Waals surface area contributed by atoms with Crippen molar-refractivity contribution in [3.63, 3.8) is 0 Å². The molecule has 2 aromatic carbocycles. The van der Waals surface area contributed by atoms with Crippen molar-refractivity contribution < 1.29 is 9.53 Å². The topological polar surface area (TPSA) is 44.1 Å². The van der Waals surface area contributed by atoms with Crippen LogP contribution < -0.4 is 4.74 Å². The molecular weight excluding hydrogens is 359 g/mol. The lowest BCUT2D eigenvalue weighted by atomic mass is 10.0. The van der Waals surface area contributed by atoms with Gasteiger partial charge in [0.1, 0.15) is 5.75 Å². The van der Waals surface area contributed by atoms with Crippen molar-refractivity contribution >= 4 is 29.0 Å². The van der Waals surface area contributed by atoms with Gasteiger partial charge in [0, 0.05) is 18.2 Å². The number of nitrogens with zero attached hydrogens (tertiary/aromatic N) is 2. The fraction of sp³-hybridized carbons (Fsp3) is 0.158. The van der Waals surface area contributed by atoms with E-state index < -0.39 is 0 Å². The third kappa shape index (κ3) is 3.86. The van der Waals surface area contributed by atoms with Crippen LogP contribution in [-0.4, -0.2) is 22.4 Å². The van der Waals surface area contributed by atoms with Crippen LogP contribution in [0.25, 0.3) is 5.69 Å². The monoisotopic (exact) mass is 374 g/mol. The molecule has 25 heavy (non-hydrogen) atoms. The molecule has 4 nitrogen and oxygen atoms in total. The Bertz CT molecular complexity index is 935. The summed E-state index contributed by atoms with van der Waals surface area (Å²) < 4.78 is 7.36. The van der Waals surface area contributed by atoms with Gasteiger partial charge in [0.15, 0.2) is 5.78 Å². The first-order valence-corrected chi connectivity index (χ1v) is 8.39. The normalized spacial score (nSPS) is 10.7. The first kappa shape index (κ1) is 17.5. The Hall–Kier alpha value is -2.30. The molecule has 1 aromatic heterocycles. The van der Waals surface area contributed by atoms with Gasteiger partial charge in [-0.25, -0.2) is 4.98 Å². The van der Waals surface area contributed by atoms with Gasteiger partial charge in [-0.3, -0.25) is 4.79 Å². The molecule has 1 heterocycles. The minimum Gasteiger partial charge on any atom is -0.495 e. The van der Waals surface area contributed by atoms with Gasteiger partial charge in [0.2, 0.25) is 0 Å². The smallest absolute Gasteiger partial charge is 0.167 e. The van der Waals surface area contributed by atoms with E-state index in [0.717, 1.165) is 16.9 Å². The number of hydrogen-bond donors (Lipinski definition) is 0. The predicted octanol–water partition coefficient (Wildman–Crippen LogP) is 4.92. The average Bonchev–Trinajstić information content (AvgIpc) is 3.03. The molecule has 128 valence electrons. The molecule has 0 radical (unpaired) electrons. The van der Waals surface area contributed by atoms with E-state index in [1.54, 1.807) is 31.6 Å². The largest absolute Gasteiger partial charge is 0.495 e. The average molecular weight is 375 g/mol. The molecule has 0 aliphatic carbocycles. The molecule has 6 heteroatoms. The van der Waals surface area contributed by atoms with E-state index in [1.807, 2.05) is 35.9 Å². The summed E-state index contributed by atoms with van der Waals surface area (Å²) in [7, 11) is 1.60. The lowest BCUT2D eigenvalue weighted by Crippen LogP contribution is -2.05. The zero-order valence-electron chi connectivity index (χ0n) is 13.8. The van der Waals surface area contributed by atoms with E-state index in [9.17, 15) is 4.79 Å². The van der Waals surface area contributed by atoms with Crippen LogP contribution in [0.4, 0.5) is 0 Å². The van der Waals surface area contributed by atoms with E-state index in [0.29, 0.717) is 21.4 Å². The van der Waals surface area contributed by atoms with E-state index in [4.69, 9.17) is 27.9 Å². The van der Waals surface area contributed by atoms with Crippen LogP contribution in [0.2, 0.25) is 10.0 Å². The molecule has 0 aliphatic heterocycles. The summed E-state index contributed by atoms with van der Waals surface area (Å²) in [6.07, 6.45) is 3.89. The molecule has 3 aromatic rings. The number of Topliss-reactive ketones (excluding diaryl/α,β-unsaturated/α-hetero) is 1. The second-order valence-corrected chi connectivity index (χ2v) is 6.47. The Balaban J connectivity index is 1.85. The molecule has 0 spiro atoms. The second kappa shape index (κ2) is 7.30. The maximum atomic E-state index is 12.5. The molecule has 0 saturated heterocycles. The molecule has 0 bridgehead atoms. The second-order valence-electron chi connectivity index (χ2n) is 5.66. The molecule has 0 N–H and O–H groups in total. The molecule has 0 amide bonds. The maximum Gasteiger partial charge on any atom is 0.167 e. The van der Waals surface area contributed by atoms with Crippen LogP contribution in [0.5, 0.6) is 5.75 Å². The Morgan fingerprint density at radius 2 is 1.96 bits per heavy atom. The zero-order valence-corrected chi connectivity index (χ0v) is 15.3. The van der Waals surface area contributed by atoms with Gasteiger partial charge in [-0.2, -0.15) is 0 Å². The number of ether oxygens (including phenoxy) is 1. The van der Waals surface area contributed by atoms with Crippen molar-refractivity contribution in [1.82, 2.24) is 9.55 Å². The van der Waals surface area contributed by atoms with Gasteiger partial charge in [-0.05, 0) is 42.8 Å². The van der Waals surface area contributed by atoms with Crippen LogP contribution in [0.15, 0.2) is 48.9 Å². The molecule has 0 atom stereocenters. The summed E-state index contributed by atoms with van der Waals surface area (Å²) in [6.45, 7) is 1.92. The highest BCUT2D eigenvalue weighted by molar-refractivity contribution is 6.42. The molecule has 0 unspecified atom stereocenters. The Kier molecular flexibility index (Phi) is 5.11. The fourth-order valence-electron chi connectivity index (χ4n) is 2.56. The molecule has 3 rings (SSSR count). The van der Waals surface area contributed by atoms with Crippen molar-refractivity contribution in [3.05, 3.63) is 75.8 Å². The predicted molar refractivity (Wildman–Crippen MR) is 99.3 cm³/mol. The molecule has 0 saturated carbocycles. The highest BCUT2D eigenvalue weighted by atomic mass is 35.5. The van der Waals surface area contributed by atoms with Gasteiger partial charge in [-0.15, -0.1) is 0 Å². The number of imidazole rings is 1. The van der Waals surface area contributed by atoms with Crippen LogP contribution >= 0.6 is 23.2 Å². The van der Waals surface area contributed by atoms with Crippen molar-refractivity contribution in [3.8, 4) is 11.4 Å². The third-order valence-electron chi connectivity index (χ3n) is 3.84. The van der Waals surface area contributed by atoms with Gasteiger partial charge in [-0.1, -0.05) is 29.3 Å². The summed E-state index contributed by atoms with van der Waals surface area (Å²) >= 11 is 11.9.